The number of aryl methyl sites for hydroxylation is 1. The first-order valence-corrected chi connectivity index (χ1v) is 12.6. The van der Waals surface area contributed by atoms with Gasteiger partial charge in [-0.1, -0.05) is 24.3 Å². The van der Waals surface area contributed by atoms with Gasteiger partial charge < -0.3 is 24.4 Å². The van der Waals surface area contributed by atoms with Crippen molar-refractivity contribution in [3.63, 3.8) is 0 Å². The molecule has 0 aromatic heterocycles. The van der Waals surface area contributed by atoms with E-state index in [4.69, 9.17) is 14.2 Å². The van der Waals surface area contributed by atoms with Crippen LogP contribution in [0, 0.1) is 6.92 Å². The Kier molecular flexibility index (Phi) is 5.49. The maximum Gasteiger partial charge on any atom is 0.256 e. The van der Waals surface area contributed by atoms with E-state index >= 15 is 0 Å². The van der Waals surface area contributed by atoms with Crippen molar-refractivity contribution in [2.24, 2.45) is 0 Å². The predicted octanol–water partition coefficient (Wildman–Crippen LogP) is 5.27. The lowest BCUT2D eigenvalue weighted by Crippen LogP contribution is -2.44. The number of ether oxygens (including phenoxy) is 3. The molecule has 1 aliphatic carbocycles. The van der Waals surface area contributed by atoms with E-state index in [1.165, 1.54) is 0 Å². The van der Waals surface area contributed by atoms with Gasteiger partial charge in [0.15, 0.2) is 11.5 Å². The average Bonchev–Trinajstić information content (AvgIpc) is 3.44. The summed E-state index contributed by atoms with van der Waals surface area (Å²) < 4.78 is 16.4. The highest BCUT2D eigenvalue weighted by Crippen LogP contribution is 2.51. The molecule has 0 spiro atoms. The van der Waals surface area contributed by atoms with Crippen LogP contribution >= 0.6 is 0 Å². The molecular weight excluding hydrogens is 468 g/mol. The molecule has 3 aromatic rings. The van der Waals surface area contributed by atoms with Crippen molar-refractivity contribution in [3.8, 4) is 22.6 Å². The molecule has 0 unspecified atom stereocenters. The second-order valence-corrected chi connectivity index (χ2v) is 10.7. The molecule has 1 N–H and O–H groups in total. The first-order valence-electron chi connectivity index (χ1n) is 12.6. The molecule has 190 valence electrons. The second-order valence-electron chi connectivity index (χ2n) is 10.7. The SMILES string of the molecule is Cc1ccc(NC(=O)C2(c3ccc4c(c3)OCO4)CC2)cc1-c1ccc(C(=O)N2COCC2(C)C)cc1. The molecule has 2 aliphatic heterocycles. The fraction of sp³-hybridized carbons (Fsp3) is 0.333. The molecule has 7 heteroatoms. The molecule has 6 rings (SSSR count). The smallest absolute Gasteiger partial charge is 0.256 e. The Morgan fingerprint density at radius 1 is 0.919 bits per heavy atom. The van der Waals surface area contributed by atoms with E-state index in [1.54, 1.807) is 4.90 Å². The molecule has 1 saturated heterocycles. The summed E-state index contributed by atoms with van der Waals surface area (Å²) in [5.41, 5.74) is 4.54. The number of nitrogens with zero attached hydrogens (tertiary/aromatic N) is 1. The largest absolute Gasteiger partial charge is 0.454 e. The van der Waals surface area contributed by atoms with Gasteiger partial charge in [0, 0.05) is 11.3 Å². The molecule has 0 atom stereocenters. The zero-order valence-electron chi connectivity index (χ0n) is 21.3. The number of amides is 2. The Bertz CT molecular complexity index is 1390. The van der Waals surface area contributed by atoms with Gasteiger partial charge >= 0.3 is 0 Å². The quantitative estimate of drug-likeness (QED) is 0.519. The van der Waals surface area contributed by atoms with Crippen LogP contribution in [0.2, 0.25) is 0 Å². The molecule has 2 heterocycles. The minimum Gasteiger partial charge on any atom is -0.454 e. The zero-order valence-corrected chi connectivity index (χ0v) is 21.3. The highest BCUT2D eigenvalue weighted by Gasteiger charge is 2.51. The average molecular weight is 499 g/mol. The van der Waals surface area contributed by atoms with Crippen molar-refractivity contribution in [3.05, 3.63) is 77.4 Å². The third kappa shape index (κ3) is 4.13. The number of carbonyl (C=O) groups is 2. The number of rotatable bonds is 5. The Labute approximate surface area is 216 Å². The van der Waals surface area contributed by atoms with Gasteiger partial charge in [-0.05, 0) is 92.3 Å². The van der Waals surface area contributed by atoms with Gasteiger partial charge in [-0.3, -0.25) is 9.59 Å². The molecule has 1 saturated carbocycles. The zero-order chi connectivity index (χ0) is 25.8. The van der Waals surface area contributed by atoms with Gasteiger partial charge in [0.25, 0.3) is 5.91 Å². The summed E-state index contributed by atoms with van der Waals surface area (Å²) in [6.07, 6.45) is 1.59. The van der Waals surface area contributed by atoms with Crippen LogP contribution in [0.4, 0.5) is 5.69 Å². The fourth-order valence-corrected chi connectivity index (χ4v) is 5.15. The minimum atomic E-state index is -0.541. The number of carbonyl (C=O) groups excluding carboxylic acids is 2. The number of anilines is 1. The van der Waals surface area contributed by atoms with E-state index in [1.807, 2.05) is 81.4 Å². The van der Waals surface area contributed by atoms with Gasteiger partial charge in [0.1, 0.15) is 6.73 Å². The maximum absolute atomic E-state index is 13.4. The fourth-order valence-electron chi connectivity index (χ4n) is 5.15. The van der Waals surface area contributed by atoms with Crippen molar-refractivity contribution in [2.75, 3.05) is 25.4 Å². The van der Waals surface area contributed by atoms with Gasteiger partial charge in [-0.15, -0.1) is 0 Å². The predicted molar refractivity (Wildman–Crippen MR) is 140 cm³/mol. The number of benzene rings is 3. The maximum atomic E-state index is 13.4. The standard InChI is InChI=1S/C30H30N2O5/c1-19-4-10-23(31-28(34)30(12-13-30)22-9-11-25-26(14-22)37-18-36-25)15-24(19)20-5-7-21(8-6-20)27(33)32-17-35-16-29(32,2)3/h4-11,14-15H,12-13,16-18H2,1-3H3,(H,31,34). The monoisotopic (exact) mass is 498 g/mol. The summed E-state index contributed by atoms with van der Waals surface area (Å²) in [6.45, 7) is 7.11. The molecule has 37 heavy (non-hydrogen) atoms. The van der Waals surface area contributed by atoms with Crippen LogP contribution in [0.1, 0.15) is 48.2 Å². The summed E-state index contributed by atoms with van der Waals surface area (Å²) in [5, 5.41) is 3.14. The van der Waals surface area contributed by atoms with Crippen LogP contribution < -0.4 is 14.8 Å². The molecule has 2 amide bonds. The van der Waals surface area contributed by atoms with E-state index in [0.717, 1.165) is 40.8 Å². The minimum absolute atomic E-state index is 0.0161. The summed E-state index contributed by atoms with van der Waals surface area (Å²) in [6, 6.07) is 19.3. The Hall–Kier alpha value is -3.84. The van der Waals surface area contributed by atoms with Crippen molar-refractivity contribution < 1.29 is 23.8 Å². The number of hydrogen-bond acceptors (Lipinski definition) is 5. The van der Waals surface area contributed by atoms with Crippen LogP contribution in [-0.2, 0) is 14.9 Å². The normalized spacial score (nSPS) is 18.5. The Morgan fingerprint density at radius 3 is 2.38 bits per heavy atom. The topological polar surface area (TPSA) is 77.1 Å². The second kappa shape index (κ2) is 8.63. The first kappa shape index (κ1) is 23.6. The molecule has 3 aromatic carbocycles. The molecular formula is C30H30N2O5. The molecule has 7 nitrogen and oxygen atoms in total. The van der Waals surface area contributed by atoms with Crippen LogP contribution in [0.3, 0.4) is 0 Å². The van der Waals surface area contributed by atoms with Crippen molar-refractivity contribution in [1.29, 1.82) is 0 Å². The summed E-state index contributed by atoms with van der Waals surface area (Å²) in [4.78, 5) is 28.2. The lowest BCUT2D eigenvalue weighted by Gasteiger charge is -2.29. The summed E-state index contributed by atoms with van der Waals surface area (Å²) >= 11 is 0. The van der Waals surface area contributed by atoms with E-state index in [2.05, 4.69) is 5.32 Å². The van der Waals surface area contributed by atoms with Crippen LogP contribution in [0.15, 0.2) is 60.7 Å². The third-order valence-corrected chi connectivity index (χ3v) is 7.70. The summed E-state index contributed by atoms with van der Waals surface area (Å²) in [7, 11) is 0. The van der Waals surface area contributed by atoms with Crippen LogP contribution in [-0.4, -0.2) is 42.4 Å². The van der Waals surface area contributed by atoms with E-state index in [9.17, 15) is 9.59 Å². The highest BCUT2D eigenvalue weighted by atomic mass is 16.7. The van der Waals surface area contributed by atoms with Crippen LogP contribution in [0.25, 0.3) is 11.1 Å². The number of fused-ring (bicyclic) bond motifs is 1. The van der Waals surface area contributed by atoms with E-state index in [0.29, 0.717) is 30.4 Å². The lowest BCUT2D eigenvalue weighted by molar-refractivity contribution is -0.118. The number of hydrogen-bond donors (Lipinski definition) is 1. The van der Waals surface area contributed by atoms with Crippen molar-refractivity contribution in [2.45, 2.75) is 44.6 Å². The van der Waals surface area contributed by atoms with E-state index < -0.39 is 5.41 Å². The molecule has 0 bridgehead atoms. The Balaban J connectivity index is 1.21. The van der Waals surface area contributed by atoms with Crippen LogP contribution in [0.5, 0.6) is 11.5 Å². The molecule has 3 aliphatic rings. The third-order valence-electron chi connectivity index (χ3n) is 7.70. The molecule has 2 fully saturated rings. The molecule has 0 radical (unpaired) electrons. The van der Waals surface area contributed by atoms with Gasteiger partial charge in [0.05, 0.1) is 17.6 Å². The van der Waals surface area contributed by atoms with Crippen molar-refractivity contribution >= 4 is 17.5 Å². The van der Waals surface area contributed by atoms with Gasteiger partial charge in [-0.25, -0.2) is 0 Å². The highest BCUT2D eigenvalue weighted by molar-refractivity contribution is 6.02. The van der Waals surface area contributed by atoms with Gasteiger partial charge in [0.2, 0.25) is 12.7 Å². The lowest BCUT2D eigenvalue weighted by atomic mass is 9.94. The Morgan fingerprint density at radius 2 is 1.68 bits per heavy atom. The summed E-state index contributed by atoms with van der Waals surface area (Å²) in [5.74, 6) is 1.35. The van der Waals surface area contributed by atoms with E-state index in [-0.39, 0.29) is 24.1 Å². The van der Waals surface area contributed by atoms with Gasteiger partial charge in [-0.2, -0.15) is 0 Å². The van der Waals surface area contributed by atoms with Crippen molar-refractivity contribution in [1.82, 2.24) is 4.90 Å². The first-order chi connectivity index (χ1) is 17.8. The number of nitrogens with one attached hydrogen (secondary N) is 1.